The molecule has 0 radical (unpaired) electrons. The maximum Gasteiger partial charge on any atom is 0.294 e. The molecule has 20 heteroatoms. The maximum atomic E-state index is 12.2. The third-order valence-electron chi connectivity index (χ3n) is 8.55. The van der Waals surface area contributed by atoms with Gasteiger partial charge in [0.1, 0.15) is 22.6 Å². The average molecular weight is 755 g/mol. The van der Waals surface area contributed by atoms with Crippen LogP contribution in [0.15, 0.2) is 93.5 Å². The van der Waals surface area contributed by atoms with E-state index in [1.807, 2.05) is 0 Å². The minimum atomic E-state index is -4.67. The van der Waals surface area contributed by atoms with Gasteiger partial charge >= 0.3 is 0 Å². The third-order valence-corrected chi connectivity index (χ3v) is 11.1. The summed E-state index contributed by atoms with van der Waals surface area (Å²) in [5.74, 6) is 0.438. The number of hydrogen-bond acceptors (Lipinski definition) is 12. The molecule has 0 saturated carbocycles. The summed E-state index contributed by atoms with van der Waals surface area (Å²) >= 11 is 0. The second-order valence-corrected chi connectivity index (χ2v) is 16.0. The van der Waals surface area contributed by atoms with Crippen LogP contribution < -0.4 is 0 Å². The van der Waals surface area contributed by atoms with E-state index in [1.165, 1.54) is 48.5 Å². The van der Waals surface area contributed by atoms with Crippen molar-refractivity contribution >= 4 is 74.5 Å². The highest BCUT2D eigenvalue weighted by atomic mass is 32.2. The summed E-state index contributed by atoms with van der Waals surface area (Å²) < 4.78 is 102. The van der Waals surface area contributed by atoms with Gasteiger partial charge in [-0.15, -0.1) is 0 Å². The van der Waals surface area contributed by atoms with Crippen molar-refractivity contribution in [2.75, 3.05) is 0 Å². The van der Waals surface area contributed by atoms with Gasteiger partial charge in [0.15, 0.2) is 23.3 Å². The molecule has 0 unspecified atom stereocenters. The van der Waals surface area contributed by atoms with Crippen LogP contribution in [0.2, 0.25) is 0 Å². The molecule has 5 N–H and O–H groups in total. The molecule has 52 heavy (non-hydrogen) atoms. The number of nitrogens with zero attached hydrogens (tertiary/aromatic N) is 6. The van der Waals surface area contributed by atoms with E-state index >= 15 is 0 Å². The SMILES string of the molecule is O=S(=O)(O)c1ccc2c(c1)-c1nc-2nc2nc(nc3[nH]c(nc4[nH]c(n1)c1ccc(S(=O)(=O)O)cc41)c1ccc(S(=O)(=O)O)cc31)-c1ccccc1-2. The molecule has 258 valence electrons. The summed E-state index contributed by atoms with van der Waals surface area (Å²) in [6.07, 6.45) is 0. The molecule has 9 rings (SSSR count). The molecule has 2 aliphatic heterocycles. The van der Waals surface area contributed by atoms with Gasteiger partial charge in [-0.25, -0.2) is 29.9 Å². The van der Waals surface area contributed by atoms with Crippen LogP contribution in [-0.4, -0.2) is 78.8 Å². The Hall–Kier alpha value is -6.03. The van der Waals surface area contributed by atoms with Gasteiger partial charge < -0.3 is 9.97 Å². The first-order chi connectivity index (χ1) is 24.6. The van der Waals surface area contributed by atoms with Gasteiger partial charge in [-0.2, -0.15) is 25.3 Å². The quantitative estimate of drug-likeness (QED) is 0.154. The fraction of sp³-hybridized carbons (Fsp3) is 0. The zero-order valence-corrected chi connectivity index (χ0v) is 28.2. The Kier molecular flexibility index (Phi) is 6.59. The average Bonchev–Trinajstić information content (AvgIpc) is 3.82. The first kappa shape index (κ1) is 31.9. The molecule has 0 atom stereocenters. The van der Waals surface area contributed by atoms with Crippen molar-refractivity contribution in [3.05, 3.63) is 78.9 Å². The summed E-state index contributed by atoms with van der Waals surface area (Å²) in [7, 11) is -13.9. The molecule has 5 heterocycles. The van der Waals surface area contributed by atoms with Crippen molar-refractivity contribution in [2.24, 2.45) is 0 Å². The van der Waals surface area contributed by atoms with E-state index in [9.17, 15) is 38.9 Å². The fourth-order valence-corrected chi connectivity index (χ4v) is 7.68. The van der Waals surface area contributed by atoms with E-state index in [0.717, 1.165) is 6.07 Å². The molecule has 8 bridgehead atoms. The lowest BCUT2D eigenvalue weighted by Crippen LogP contribution is -1.98. The highest BCUT2D eigenvalue weighted by molar-refractivity contribution is 7.86. The number of rotatable bonds is 3. The summed E-state index contributed by atoms with van der Waals surface area (Å²) in [5.41, 5.74) is 2.06. The van der Waals surface area contributed by atoms with E-state index in [0.29, 0.717) is 27.5 Å². The molecule has 0 aliphatic carbocycles. The third kappa shape index (κ3) is 5.12. The molecule has 0 spiro atoms. The Bertz CT molecular complexity index is 3290. The van der Waals surface area contributed by atoms with Crippen molar-refractivity contribution in [3.63, 3.8) is 0 Å². The second-order valence-electron chi connectivity index (χ2n) is 11.7. The zero-order valence-electron chi connectivity index (χ0n) is 25.7. The van der Waals surface area contributed by atoms with Crippen LogP contribution >= 0.6 is 0 Å². The van der Waals surface area contributed by atoms with E-state index in [1.54, 1.807) is 24.3 Å². The Balaban J connectivity index is 1.49. The molecule has 2 aliphatic rings. The van der Waals surface area contributed by atoms with Crippen LogP contribution in [-0.2, 0) is 30.4 Å². The fourth-order valence-electron chi connectivity index (χ4n) is 6.16. The van der Waals surface area contributed by atoms with Crippen LogP contribution in [0, 0.1) is 0 Å². The maximum absolute atomic E-state index is 12.2. The minimum absolute atomic E-state index is 0.0222. The van der Waals surface area contributed by atoms with Gasteiger partial charge in [0.2, 0.25) is 0 Å². The molecule has 17 nitrogen and oxygen atoms in total. The summed E-state index contributed by atoms with van der Waals surface area (Å²) in [6, 6.07) is 18.4. The number of aromatic nitrogens is 8. The van der Waals surface area contributed by atoms with Crippen molar-refractivity contribution in [1.29, 1.82) is 0 Å². The monoisotopic (exact) mass is 754 g/mol. The van der Waals surface area contributed by atoms with Gasteiger partial charge in [0.05, 0.1) is 14.7 Å². The first-order valence-electron chi connectivity index (χ1n) is 14.9. The van der Waals surface area contributed by atoms with Crippen LogP contribution in [0.25, 0.3) is 89.7 Å². The Morgan fingerprint density at radius 1 is 0.385 bits per heavy atom. The molecule has 3 aromatic heterocycles. The molecule has 4 aromatic carbocycles. The van der Waals surface area contributed by atoms with Crippen molar-refractivity contribution in [2.45, 2.75) is 14.7 Å². The summed E-state index contributed by atoms with van der Waals surface area (Å²) in [5, 5.41) is 1.10. The molecule has 0 saturated heterocycles. The zero-order chi connectivity index (χ0) is 36.3. The van der Waals surface area contributed by atoms with Crippen LogP contribution in [0.1, 0.15) is 0 Å². The smallest absolute Gasteiger partial charge is 0.294 e. The molecule has 0 amide bonds. The minimum Gasteiger partial charge on any atom is -0.324 e. The molecule has 0 fully saturated rings. The number of fused-ring (bicyclic) bond motifs is 20. The number of benzene rings is 4. The molecular formula is C32H18N8O9S3. The van der Waals surface area contributed by atoms with E-state index in [-0.39, 0.29) is 62.2 Å². The van der Waals surface area contributed by atoms with Crippen molar-refractivity contribution in [1.82, 2.24) is 39.9 Å². The van der Waals surface area contributed by atoms with E-state index in [2.05, 4.69) is 24.9 Å². The highest BCUT2D eigenvalue weighted by Crippen LogP contribution is 2.39. The lowest BCUT2D eigenvalue weighted by molar-refractivity contribution is 0.481. The Morgan fingerprint density at radius 2 is 0.750 bits per heavy atom. The largest absolute Gasteiger partial charge is 0.324 e. The van der Waals surface area contributed by atoms with Gasteiger partial charge in [0, 0.05) is 43.8 Å². The van der Waals surface area contributed by atoms with Gasteiger partial charge in [-0.05, 0) is 54.6 Å². The lowest BCUT2D eigenvalue weighted by Gasteiger charge is -2.02. The number of hydrogen-bond donors (Lipinski definition) is 5. The predicted molar refractivity (Wildman–Crippen MR) is 185 cm³/mol. The topological polar surface area (TPSA) is 272 Å². The van der Waals surface area contributed by atoms with E-state index < -0.39 is 45.0 Å². The molecular weight excluding hydrogens is 737 g/mol. The first-order valence-corrected chi connectivity index (χ1v) is 19.2. The predicted octanol–water partition coefficient (Wildman–Crippen LogP) is 4.61. The van der Waals surface area contributed by atoms with Crippen molar-refractivity contribution < 1.29 is 38.9 Å². The molecule has 7 aromatic rings. The standard InChI is InChI=1S/C32H18N8O9S3/c41-50(42,43)14-5-8-19-22(11-14)31-36-27(19)34-25-17-3-1-2-4-18(17)26(33-25)35-30-23-12-15(51(44,45)46)6-9-20(23)28(37-30)39-32-24-13-16(52(47,48)49)7-10-21(24)29(38-31)40-32/h1-13H,(H,41,42,43)(H,44,45,46)(H,47,48,49)(H2,33,34,35,36,37,38,39,40). The highest BCUT2D eigenvalue weighted by Gasteiger charge is 2.26. The van der Waals surface area contributed by atoms with E-state index in [4.69, 9.17) is 15.0 Å². The summed E-state index contributed by atoms with van der Waals surface area (Å²) in [4.78, 5) is 33.0. The van der Waals surface area contributed by atoms with Crippen molar-refractivity contribution in [3.8, 4) is 45.6 Å². The number of H-pyrrole nitrogens is 2. The van der Waals surface area contributed by atoms with Gasteiger partial charge in [-0.3, -0.25) is 13.7 Å². The normalized spacial score (nSPS) is 13.0. The number of nitrogens with one attached hydrogen (secondary N) is 2. The Labute approximate surface area is 291 Å². The van der Waals surface area contributed by atoms with Crippen LogP contribution in [0.5, 0.6) is 0 Å². The second kappa shape index (κ2) is 10.7. The Morgan fingerprint density at radius 3 is 1.25 bits per heavy atom. The number of aromatic amines is 2. The summed E-state index contributed by atoms with van der Waals surface area (Å²) in [6.45, 7) is 0. The lowest BCUT2D eigenvalue weighted by atomic mass is 10.1. The van der Waals surface area contributed by atoms with Gasteiger partial charge in [0.25, 0.3) is 30.4 Å². The van der Waals surface area contributed by atoms with Gasteiger partial charge in [-0.1, -0.05) is 24.3 Å². The van der Waals surface area contributed by atoms with Crippen LogP contribution in [0.3, 0.4) is 0 Å². The van der Waals surface area contributed by atoms with Crippen LogP contribution in [0.4, 0.5) is 0 Å².